The molecule has 130 valence electrons. The van der Waals surface area contributed by atoms with Crippen molar-refractivity contribution < 1.29 is 4.74 Å². The van der Waals surface area contributed by atoms with Gasteiger partial charge >= 0.3 is 0 Å². The highest BCUT2D eigenvalue weighted by atomic mass is 127. The number of guanidine groups is 1. The van der Waals surface area contributed by atoms with Gasteiger partial charge in [0, 0.05) is 45.3 Å². The Bertz CT molecular complexity index is 332. The van der Waals surface area contributed by atoms with E-state index < -0.39 is 0 Å². The second-order valence-electron chi connectivity index (χ2n) is 6.46. The molecule has 0 aromatic heterocycles. The zero-order valence-corrected chi connectivity index (χ0v) is 16.7. The summed E-state index contributed by atoms with van der Waals surface area (Å²) in [6.07, 6.45) is 2.41. The van der Waals surface area contributed by atoms with E-state index in [2.05, 4.69) is 35.9 Å². The van der Waals surface area contributed by atoms with Crippen molar-refractivity contribution in [2.24, 2.45) is 10.9 Å². The van der Waals surface area contributed by atoms with E-state index >= 15 is 0 Å². The van der Waals surface area contributed by atoms with Gasteiger partial charge in [-0.1, -0.05) is 13.8 Å². The van der Waals surface area contributed by atoms with E-state index in [-0.39, 0.29) is 24.0 Å². The molecule has 2 fully saturated rings. The standard InChI is InChI=1S/C16H32N4O.HI/c1-4-17-16(18-7-5-14(2)3)20-8-6-15(13-20)19-9-11-21-12-10-19;/h14-15H,4-13H2,1-3H3,(H,17,18);1H. The van der Waals surface area contributed by atoms with Crippen LogP contribution in [0.25, 0.3) is 0 Å². The van der Waals surface area contributed by atoms with Crippen molar-refractivity contribution in [3.05, 3.63) is 0 Å². The molecule has 0 aromatic rings. The Labute approximate surface area is 152 Å². The van der Waals surface area contributed by atoms with Crippen molar-refractivity contribution >= 4 is 29.9 Å². The first-order chi connectivity index (χ1) is 10.2. The summed E-state index contributed by atoms with van der Waals surface area (Å²) in [6.45, 7) is 14.7. The number of nitrogens with zero attached hydrogens (tertiary/aromatic N) is 3. The minimum atomic E-state index is 0. The second kappa shape index (κ2) is 10.6. The number of ether oxygens (including phenoxy) is 1. The van der Waals surface area contributed by atoms with Crippen molar-refractivity contribution in [1.82, 2.24) is 15.1 Å². The van der Waals surface area contributed by atoms with Gasteiger partial charge in [-0.2, -0.15) is 0 Å². The second-order valence-corrected chi connectivity index (χ2v) is 6.46. The zero-order chi connectivity index (χ0) is 15.1. The summed E-state index contributed by atoms with van der Waals surface area (Å²) in [5, 5.41) is 3.45. The first kappa shape index (κ1) is 20.0. The van der Waals surface area contributed by atoms with E-state index in [0.717, 1.165) is 70.8 Å². The molecular weight excluding hydrogens is 391 g/mol. The number of rotatable bonds is 5. The molecular formula is C16H33IN4O. The van der Waals surface area contributed by atoms with Crippen LogP contribution in [0.5, 0.6) is 0 Å². The zero-order valence-electron chi connectivity index (χ0n) is 14.4. The number of hydrogen-bond acceptors (Lipinski definition) is 3. The fourth-order valence-electron chi connectivity index (χ4n) is 3.03. The average Bonchev–Trinajstić information content (AvgIpc) is 2.97. The quantitative estimate of drug-likeness (QED) is 0.417. The Morgan fingerprint density at radius 2 is 2.00 bits per heavy atom. The summed E-state index contributed by atoms with van der Waals surface area (Å²) in [5.41, 5.74) is 0. The molecule has 0 spiro atoms. The molecule has 0 radical (unpaired) electrons. The SMILES string of the molecule is CCNC(=NCCC(C)C)N1CCC(N2CCOCC2)C1.I. The third-order valence-electron chi connectivity index (χ3n) is 4.33. The Balaban J connectivity index is 0.00000242. The van der Waals surface area contributed by atoms with Crippen LogP contribution in [-0.2, 0) is 4.74 Å². The van der Waals surface area contributed by atoms with Crippen molar-refractivity contribution in [3.63, 3.8) is 0 Å². The van der Waals surface area contributed by atoms with Crippen molar-refractivity contribution in [3.8, 4) is 0 Å². The monoisotopic (exact) mass is 424 g/mol. The molecule has 22 heavy (non-hydrogen) atoms. The van der Waals surface area contributed by atoms with Crippen LogP contribution in [0.2, 0.25) is 0 Å². The molecule has 1 unspecified atom stereocenters. The lowest BCUT2D eigenvalue weighted by atomic mass is 10.1. The maximum atomic E-state index is 5.46. The highest BCUT2D eigenvalue weighted by Gasteiger charge is 2.30. The van der Waals surface area contributed by atoms with Gasteiger partial charge in [0.1, 0.15) is 0 Å². The Morgan fingerprint density at radius 3 is 2.64 bits per heavy atom. The molecule has 1 atom stereocenters. The molecule has 1 N–H and O–H groups in total. The number of likely N-dealkylation sites (tertiary alicyclic amines) is 1. The van der Waals surface area contributed by atoms with Crippen molar-refractivity contribution in [1.29, 1.82) is 0 Å². The molecule has 2 heterocycles. The van der Waals surface area contributed by atoms with Gasteiger partial charge in [-0.3, -0.25) is 9.89 Å². The van der Waals surface area contributed by atoms with E-state index in [4.69, 9.17) is 9.73 Å². The van der Waals surface area contributed by atoms with Gasteiger partial charge in [0.05, 0.1) is 13.2 Å². The fraction of sp³-hybridized carbons (Fsp3) is 0.938. The summed E-state index contributed by atoms with van der Waals surface area (Å²) >= 11 is 0. The van der Waals surface area contributed by atoms with Crippen LogP contribution >= 0.6 is 24.0 Å². The third kappa shape index (κ3) is 6.20. The van der Waals surface area contributed by atoms with Crippen molar-refractivity contribution in [2.45, 2.75) is 39.7 Å². The van der Waals surface area contributed by atoms with Crippen LogP contribution in [0.1, 0.15) is 33.6 Å². The van der Waals surface area contributed by atoms with E-state index in [0.29, 0.717) is 6.04 Å². The third-order valence-corrected chi connectivity index (χ3v) is 4.33. The van der Waals surface area contributed by atoms with Crippen LogP contribution in [0.15, 0.2) is 4.99 Å². The highest BCUT2D eigenvalue weighted by molar-refractivity contribution is 14.0. The predicted molar refractivity (Wildman–Crippen MR) is 103 cm³/mol. The molecule has 0 saturated carbocycles. The van der Waals surface area contributed by atoms with Crippen LogP contribution < -0.4 is 5.32 Å². The van der Waals surface area contributed by atoms with Gasteiger partial charge in [0.25, 0.3) is 0 Å². The summed E-state index contributed by atoms with van der Waals surface area (Å²) in [7, 11) is 0. The lowest BCUT2D eigenvalue weighted by Gasteiger charge is -2.32. The van der Waals surface area contributed by atoms with Crippen LogP contribution in [0.4, 0.5) is 0 Å². The Hall–Kier alpha value is -0.0800. The molecule has 2 aliphatic heterocycles. The fourth-order valence-corrected chi connectivity index (χ4v) is 3.03. The van der Waals surface area contributed by atoms with E-state index in [1.54, 1.807) is 0 Å². The molecule has 0 aliphatic carbocycles. The first-order valence-electron chi connectivity index (χ1n) is 8.55. The molecule has 2 aliphatic rings. The largest absolute Gasteiger partial charge is 0.379 e. The van der Waals surface area contributed by atoms with Gasteiger partial charge in [-0.25, -0.2) is 0 Å². The predicted octanol–water partition coefficient (Wildman–Crippen LogP) is 2.02. The molecule has 5 nitrogen and oxygen atoms in total. The van der Waals surface area contributed by atoms with Gasteiger partial charge in [-0.15, -0.1) is 24.0 Å². The first-order valence-corrected chi connectivity index (χ1v) is 8.55. The Kier molecular flexibility index (Phi) is 9.66. The summed E-state index contributed by atoms with van der Waals surface area (Å²) in [4.78, 5) is 9.82. The van der Waals surface area contributed by atoms with Gasteiger partial charge in [0.2, 0.25) is 0 Å². The van der Waals surface area contributed by atoms with Gasteiger partial charge in [0.15, 0.2) is 5.96 Å². The van der Waals surface area contributed by atoms with E-state index in [1.165, 1.54) is 6.42 Å². The van der Waals surface area contributed by atoms with Crippen LogP contribution in [-0.4, -0.2) is 74.3 Å². The number of hydrogen-bond donors (Lipinski definition) is 1. The molecule has 0 bridgehead atoms. The normalized spacial score (nSPS) is 23.7. The lowest BCUT2D eigenvalue weighted by molar-refractivity contribution is 0.0195. The molecule has 0 amide bonds. The summed E-state index contributed by atoms with van der Waals surface area (Å²) in [6, 6.07) is 0.669. The number of nitrogens with one attached hydrogen (secondary N) is 1. The average molecular weight is 424 g/mol. The summed E-state index contributed by atoms with van der Waals surface area (Å²) in [5.74, 6) is 1.82. The van der Waals surface area contributed by atoms with Crippen LogP contribution in [0.3, 0.4) is 0 Å². The smallest absolute Gasteiger partial charge is 0.193 e. The molecule has 2 rings (SSSR count). The topological polar surface area (TPSA) is 40.1 Å². The molecule has 0 aromatic carbocycles. The van der Waals surface area contributed by atoms with Gasteiger partial charge < -0.3 is 15.0 Å². The number of halogens is 1. The Morgan fingerprint density at radius 1 is 1.27 bits per heavy atom. The van der Waals surface area contributed by atoms with E-state index in [9.17, 15) is 0 Å². The molecule has 6 heteroatoms. The minimum absolute atomic E-state index is 0. The summed E-state index contributed by atoms with van der Waals surface area (Å²) < 4.78 is 5.46. The van der Waals surface area contributed by atoms with E-state index in [1.807, 2.05) is 0 Å². The maximum Gasteiger partial charge on any atom is 0.193 e. The maximum absolute atomic E-state index is 5.46. The van der Waals surface area contributed by atoms with Crippen molar-refractivity contribution in [2.75, 3.05) is 52.5 Å². The number of aliphatic imine (C=N–C) groups is 1. The number of morpholine rings is 1. The highest BCUT2D eigenvalue weighted by Crippen LogP contribution is 2.17. The van der Waals surface area contributed by atoms with Gasteiger partial charge in [-0.05, 0) is 25.7 Å². The molecule has 2 saturated heterocycles. The minimum Gasteiger partial charge on any atom is -0.379 e. The van der Waals surface area contributed by atoms with Crippen LogP contribution in [0, 0.1) is 5.92 Å². The lowest BCUT2D eigenvalue weighted by Crippen LogP contribution is -2.46.